The van der Waals surface area contributed by atoms with Crippen molar-refractivity contribution in [1.82, 2.24) is 10.3 Å². The van der Waals surface area contributed by atoms with Gasteiger partial charge in [-0.15, -0.1) is 0 Å². The fourth-order valence-corrected chi connectivity index (χ4v) is 2.41. The van der Waals surface area contributed by atoms with E-state index in [1.54, 1.807) is 6.20 Å². The molecule has 0 atom stereocenters. The molecule has 1 amide bonds. The molecule has 0 aromatic carbocycles. The van der Waals surface area contributed by atoms with Gasteiger partial charge < -0.3 is 5.32 Å². The molecule has 1 fully saturated rings. The molecule has 3 nitrogen and oxygen atoms in total. The molecule has 17 heavy (non-hydrogen) atoms. The quantitative estimate of drug-likeness (QED) is 0.869. The summed E-state index contributed by atoms with van der Waals surface area (Å²) >= 11 is 0. The SMILES string of the molecule is Cc1nccc(CC(=O)NC2CCCC2)c1C. The number of hydrogen-bond donors (Lipinski definition) is 1. The largest absolute Gasteiger partial charge is 0.353 e. The number of amides is 1. The molecule has 0 spiro atoms. The number of rotatable bonds is 3. The minimum Gasteiger partial charge on any atom is -0.353 e. The first-order valence-corrected chi connectivity index (χ1v) is 6.37. The van der Waals surface area contributed by atoms with Crippen LogP contribution in [0.3, 0.4) is 0 Å². The lowest BCUT2D eigenvalue weighted by atomic mass is 10.1. The van der Waals surface area contributed by atoms with Crippen molar-refractivity contribution in [3.8, 4) is 0 Å². The Labute approximate surface area is 103 Å². The van der Waals surface area contributed by atoms with Crippen molar-refractivity contribution in [1.29, 1.82) is 0 Å². The van der Waals surface area contributed by atoms with Gasteiger partial charge >= 0.3 is 0 Å². The minimum atomic E-state index is 0.144. The van der Waals surface area contributed by atoms with Crippen LogP contribution in [0, 0.1) is 13.8 Å². The van der Waals surface area contributed by atoms with Gasteiger partial charge in [0, 0.05) is 17.9 Å². The number of pyridine rings is 1. The highest BCUT2D eigenvalue weighted by molar-refractivity contribution is 5.79. The van der Waals surface area contributed by atoms with Crippen LogP contribution in [0.4, 0.5) is 0 Å². The van der Waals surface area contributed by atoms with Crippen molar-refractivity contribution in [2.45, 2.75) is 52.0 Å². The van der Waals surface area contributed by atoms with Gasteiger partial charge in [-0.25, -0.2) is 0 Å². The molecule has 1 aliphatic rings. The van der Waals surface area contributed by atoms with Gasteiger partial charge in [0.05, 0.1) is 6.42 Å². The summed E-state index contributed by atoms with van der Waals surface area (Å²) in [6.07, 6.45) is 7.03. The summed E-state index contributed by atoms with van der Waals surface area (Å²) in [4.78, 5) is 16.1. The summed E-state index contributed by atoms with van der Waals surface area (Å²) < 4.78 is 0. The third kappa shape index (κ3) is 3.05. The lowest BCUT2D eigenvalue weighted by molar-refractivity contribution is -0.121. The smallest absolute Gasteiger partial charge is 0.224 e. The Bertz CT molecular complexity index is 409. The number of carbonyl (C=O) groups is 1. The van der Waals surface area contributed by atoms with E-state index in [0.29, 0.717) is 12.5 Å². The lowest BCUT2D eigenvalue weighted by Crippen LogP contribution is -2.33. The predicted octanol–water partition coefficient (Wildman–Crippen LogP) is 2.30. The second kappa shape index (κ2) is 5.30. The third-order valence-corrected chi connectivity index (χ3v) is 3.64. The van der Waals surface area contributed by atoms with Gasteiger partial charge in [-0.2, -0.15) is 0 Å². The lowest BCUT2D eigenvalue weighted by Gasteiger charge is -2.13. The van der Waals surface area contributed by atoms with E-state index in [1.807, 2.05) is 19.9 Å². The van der Waals surface area contributed by atoms with Crippen LogP contribution in [0.1, 0.15) is 42.5 Å². The number of nitrogens with zero attached hydrogens (tertiary/aromatic N) is 1. The fourth-order valence-electron chi connectivity index (χ4n) is 2.41. The Morgan fingerprint density at radius 2 is 2.12 bits per heavy atom. The molecule has 2 rings (SSSR count). The van der Waals surface area contributed by atoms with Gasteiger partial charge in [-0.05, 0) is 43.9 Å². The predicted molar refractivity (Wildman–Crippen MR) is 67.8 cm³/mol. The van der Waals surface area contributed by atoms with Crippen LogP contribution in [0.25, 0.3) is 0 Å². The summed E-state index contributed by atoms with van der Waals surface area (Å²) in [5, 5.41) is 3.11. The topological polar surface area (TPSA) is 42.0 Å². The second-order valence-electron chi connectivity index (χ2n) is 4.91. The van der Waals surface area contributed by atoms with Crippen LogP contribution in [-0.2, 0) is 11.2 Å². The van der Waals surface area contributed by atoms with Gasteiger partial charge in [0.15, 0.2) is 0 Å². The van der Waals surface area contributed by atoms with E-state index in [2.05, 4.69) is 10.3 Å². The monoisotopic (exact) mass is 232 g/mol. The summed E-state index contributed by atoms with van der Waals surface area (Å²) in [6, 6.07) is 2.35. The molecule has 1 N–H and O–H groups in total. The van der Waals surface area contributed by atoms with Crippen molar-refractivity contribution < 1.29 is 4.79 Å². The van der Waals surface area contributed by atoms with Gasteiger partial charge in [0.1, 0.15) is 0 Å². The highest BCUT2D eigenvalue weighted by Gasteiger charge is 2.17. The molecule has 0 bridgehead atoms. The average Bonchev–Trinajstić information content (AvgIpc) is 2.77. The van der Waals surface area contributed by atoms with Gasteiger partial charge in [-0.1, -0.05) is 12.8 Å². The van der Waals surface area contributed by atoms with Crippen LogP contribution in [0.5, 0.6) is 0 Å². The van der Waals surface area contributed by atoms with Crippen LogP contribution < -0.4 is 5.32 Å². The molecule has 0 saturated heterocycles. The van der Waals surface area contributed by atoms with Crippen molar-refractivity contribution in [2.24, 2.45) is 0 Å². The molecule has 3 heteroatoms. The van der Waals surface area contributed by atoms with Crippen LogP contribution in [0.15, 0.2) is 12.3 Å². The van der Waals surface area contributed by atoms with E-state index in [0.717, 1.165) is 29.7 Å². The summed E-state index contributed by atoms with van der Waals surface area (Å²) in [6.45, 7) is 4.01. The zero-order chi connectivity index (χ0) is 12.3. The van der Waals surface area contributed by atoms with E-state index in [4.69, 9.17) is 0 Å². The maximum Gasteiger partial charge on any atom is 0.224 e. The Morgan fingerprint density at radius 1 is 1.41 bits per heavy atom. The van der Waals surface area contributed by atoms with Crippen molar-refractivity contribution in [2.75, 3.05) is 0 Å². The molecular weight excluding hydrogens is 212 g/mol. The highest BCUT2D eigenvalue weighted by Crippen LogP contribution is 2.18. The van der Waals surface area contributed by atoms with Crippen LogP contribution >= 0.6 is 0 Å². The van der Waals surface area contributed by atoms with E-state index < -0.39 is 0 Å². The average molecular weight is 232 g/mol. The Kier molecular flexibility index (Phi) is 3.77. The zero-order valence-corrected chi connectivity index (χ0v) is 10.6. The molecule has 92 valence electrons. The maximum atomic E-state index is 11.9. The molecule has 1 aliphatic carbocycles. The maximum absolute atomic E-state index is 11.9. The molecule has 1 saturated carbocycles. The first-order chi connectivity index (χ1) is 8.16. The van der Waals surface area contributed by atoms with Crippen molar-refractivity contribution in [3.63, 3.8) is 0 Å². The fraction of sp³-hybridized carbons (Fsp3) is 0.571. The van der Waals surface area contributed by atoms with Gasteiger partial charge in [0.25, 0.3) is 0 Å². The molecule has 0 aliphatic heterocycles. The van der Waals surface area contributed by atoms with Gasteiger partial charge in [-0.3, -0.25) is 9.78 Å². The van der Waals surface area contributed by atoms with Crippen LogP contribution in [0.2, 0.25) is 0 Å². The number of aryl methyl sites for hydroxylation is 1. The standard InChI is InChI=1S/C14H20N2O/c1-10-11(2)15-8-7-12(10)9-14(17)16-13-5-3-4-6-13/h7-8,13H,3-6,9H2,1-2H3,(H,16,17). The van der Waals surface area contributed by atoms with E-state index in [-0.39, 0.29) is 5.91 Å². The molecule has 0 radical (unpaired) electrons. The molecule has 1 heterocycles. The Morgan fingerprint density at radius 3 is 2.82 bits per heavy atom. The number of nitrogens with one attached hydrogen (secondary N) is 1. The van der Waals surface area contributed by atoms with Crippen molar-refractivity contribution >= 4 is 5.91 Å². The molecule has 1 aromatic heterocycles. The number of hydrogen-bond acceptors (Lipinski definition) is 2. The molecular formula is C14H20N2O. The summed E-state index contributed by atoms with van der Waals surface area (Å²) in [5.41, 5.74) is 3.23. The highest BCUT2D eigenvalue weighted by atomic mass is 16.1. The number of carbonyl (C=O) groups excluding carboxylic acids is 1. The minimum absolute atomic E-state index is 0.144. The first-order valence-electron chi connectivity index (χ1n) is 6.37. The second-order valence-corrected chi connectivity index (χ2v) is 4.91. The Balaban J connectivity index is 1.95. The van der Waals surface area contributed by atoms with Crippen molar-refractivity contribution in [3.05, 3.63) is 29.1 Å². The van der Waals surface area contributed by atoms with Gasteiger partial charge in [0.2, 0.25) is 5.91 Å². The first kappa shape index (κ1) is 12.1. The van der Waals surface area contributed by atoms with E-state index in [1.165, 1.54) is 12.8 Å². The van der Waals surface area contributed by atoms with Crippen LogP contribution in [-0.4, -0.2) is 16.9 Å². The summed E-state index contributed by atoms with van der Waals surface area (Å²) in [7, 11) is 0. The third-order valence-electron chi connectivity index (χ3n) is 3.64. The molecule has 1 aromatic rings. The summed E-state index contributed by atoms with van der Waals surface area (Å²) in [5.74, 6) is 0.144. The van der Waals surface area contributed by atoms with E-state index in [9.17, 15) is 4.79 Å². The normalized spacial score (nSPS) is 16.1. The van der Waals surface area contributed by atoms with E-state index >= 15 is 0 Å². The molecule has 0 unspecified atom stereocenters. The number of aromatic nitrogens is 1. The zero-order valence-electron chi connectivity index (χ0n) is 10.6. The Hall–Kier alpha value is -1.38.